The van der Waals surface area contributed by atoms with Gasteiger partial charge in [0.05, 0.1) is 5.69 Å². The van der Waals surface area contributed by atoms with Crippen molar-refractivity contribution in [2.24, 2.45) is 0 Å². The maximum atomic E-state index is 12.3. The molecule has 0 bridgehead atoms. The fourth-order valence-electron chi connectivity index (χ4n) is 1.94. The molecule has 6 heteroatoms. The average molecular weight is 354 g/mol. The molecule has 0 saturated heterocycles. The van der Waals surface area contributed by atoms with Crippen LogP contribution in [0.5, 0.6) is 0 Å². The van der Waals surface area contributed by atoms with E-state index in [9.17, 15) is 4.79 Å². The van der Waals surface area contributed by atoms with Crippen molar-refractivity contribution in [1.82, 2.24) is 9.59 Å². The van der Waals surface area contributed by atoms with E-state index in [1.165, 1.54) is 0 Å². The number of carbonyl (C=O) groups excluding carboxylic acids is 1. The summed E-state index contributed by atoms with van der Waals surface area (Å²) in [6, 6.07) is 3.89. The topological polar surface area (TPSA) is 54.9 Å². The van der Waals surface area contributed by atoms with Crippen LogP contribution < -0.4 is 5.32 Å². The number of benzene rings is 1. The minimum atomic E-state index is -0.148. The Balaban J connectivity index is 2.26. The lowest BCUT2D eigenvalue weighted by atomic mass is 10.1. The van der Waals surface area contributed by atoms with Crippen LogP contribution in [-0.4, -0.2) is 15.5 Å². The van der Waals surface area contributed by atoms with Crippen LogP contribution in [-0.2, 0) is 0 Å². The first kappa shape index (κ1) is 15.1. The zero-order chi connectivity index (χ0) is 14.9. The van der Waals surface area contributed by atoms with Crippen molar-refractivity contribution in [3.8, 4) is 0 Å². The zero-order valence-electron chi connectivity index (χ0n) is 11.8. The van der Waals surface area contributed by atoms with Crippen LogP contribution in [0.4, 0.5) is 5.69 Å². The summed E-state index contributed by atoms with van der Waals surface area (Å²) < 4.78 is 4.95. The summed E-state index contributed by atoms with van der Waals surface area (Å²) in [5.41, 5.74) is 3.72. The Labute approximate surface area is 130 Å². The number of amides is 1. The SMILES string of the molecule is Cc1cc(NC(=O)c2snnc2C(C)C)cc(C)c1Br. The lowest BCUT2D eigenvalue weighted by Crippen LogP contribution is -2.13. The quantitative estimate of drug-likeness (QED) is 0.894. The smallest absolute Gasteiger partial charge is 0.269 e. The number of rotatable bonds is 3. The van der Waals surface area contributed by atoms with Crippen LogP contribution in [0.3, 0.4) is 0 Å². The maximum Gasteiger partial charge on any atom is 0.269 e. The molecule has 1 aromatic heterocycles. The molecule has 1 amide bonds. The van der Waals surface area contributed by atoms with Gasteiger partial charge in [0.25, 0.3) is 5.91 Å². The van der Waals surface area contributed by atoms with Gasteiger partial charge in [0.1, 0.15) is 4.88 Å². The van der Waals surface area contributed by atoms with Gasteiger partial charge in [-0.1, -0.05) is 34.3 Å². The number of hydrogen-bond acceptors (Lipinski definition) is 4. The number of aryl methyl sites for hydroxylation is 2. The van der Waals surface area contributed by atoms with Crippen molar-refractivity contribution in [2.75, 3.05) is 5.32 Å². The van der Waals surface area contributed by atoms with Crippen LogP contribution in [0.1, 0.15) is 46.3 Å². The van der Waals surface area contributed by atoms with Crippen LogP contribution in [0.25, 0.3) is 0 Å². The summed E-state index contributed by atoms with van der Waals surface area (Å²) in [6.45, 7) is 8.00. The third-order valence-corrected chi connectivity index (χ3v) is 4.95. The van der Waals surface area contributed by atoms with E-state index in [0.29, 0.717) is 4.88 Å². The van der Waals surface area contributed by atoms with Gasteiger partial charge in [-0.25, -0.2) is 0 Å². The molecule has 106 valence electrons. The molecule has 1 N–H and O–H groups in total. The predicted molar refractivity (Wildman–Crippen MR) is 85.6 cm³/mol. The first-order valence-corrected chi connectivity index (χ1v) is 7.87. The number of anilines is 1. The standard InChI is InChI=1S/C14H16BrN3OS/c1-7(2)12-13(20-18-17-12)14(19)16-10-5-8(3)11(15)9(4)6-10/h5-7H,1-4H3,(H,16,19). The highest BCUT2D eigenvalue weighted by Crippen LogP contribution is 2.26. The van der Waals surface area contributed by atoms with E-state index in [4.69, 9.17) is 0 Å². The summed E-state index contributed by atoms with van der Waals surface area (Å²) in [5.74, 6) is 0.0349. The van der Waals surface area contributed by atoms with E-state index in [0.717, 1.165) is 38.5 Å². The fraction of sp³-hybridized carbons (Fsp3) is 0.357. The van der Waals surface area contributed by atoms with Crippen molar-refractivity contribution in [3.63, 3.8) is 0 Å². The molecule has 2 rings (SSSR count). The summed E-state index contributed by atoms with van der Waals surface area (Å²) in [6.07, 6.45) is 0. The Morgan fingerprint density at radius 3 is 2.45 bits per heavy atom. The second-order valence-electron chi connectivity index (χ2n) is 5.02. The van der Waals surface area contributed by atoms with Gasteiger partial charge in [-0.15, -0.1) is 5.10 Å². The monoisotopic (exact) mass is 353 g/mol. The molecule has 0 aliphatic carbocycles. The fourth-order valence-corrected chi connectivity index (χ4v) is 2.88. The van der Waals surface area contributed by atoms with E-state index < -0.39 is 0 Å². The van der Waals surface area contributed by atoms with Crippen molar-refractivity contribution in [2.45, 2.75) is 33.6 Å². The summed E-state index contributed by atoms with van der Waals surface area (Å²) >= 11 is 4.65. The molecule has 1 aromatic carbocycles. The van der Waals surface area contributed by atoms with E-state index in [-0.39, 0.29) is 11.8 Å². The van der Waals surface area contributed by atoms with Gasteiger partial charge in [-0.3, -0.25) is 4.79 Å². The number of nitrogens with one attached hydrogen (secondary N) is 1. The molecule has 0 spiro atoms. The highest BCUT2D eigenvalue weighted by atomic mass is 79.9. The number of carbonyl (C=O) groups is 1. The number of aromatic nitrogens is 2. The average Bonchev–Trinajstić information content (AvgIpc) is 2.85. The van der Waals surface area contributed by atoms with Gasteiger partial charge in [0.15, 0.2) is 0 Å². The second kappa shape index (κ2) is 6.01. The Morgan fingerprint density at radius 1 is 1.30 bits per heavy atom. The largest absolute Gasteiger partial charge is 0.321 e. The van der Waals surface area contributed by atoms with E-state index >= 15 is 0 Å². The Morgan fingerprint density at radius 2 is 1.90 bits per heavy atom. The molecule has 20 heavy (non-hydrogen) atoms. The second-order valence-corrected chi connectivity index (χ2v) is 6.57. The summed E-state index contributed by atoms with van der Waals surface area (Å²) in [5, 5.41) is 6.95. The van der Waals surface area contributed by atoms with Gasteiger partial charge < -0.3 is 5.32 Å². The van der Waals surface area contributed by atoms with Gasteiger partial charge >= 0.3 is 0 Å². The highest BCUT2D eigenvalue weighted by Gasteiger charge is 2.19. The first-order chi connectivity index (χ1) is 9.40. The molecule has 0 atom stereocenters. The molecule has 0 aliphatic heterocycles. The van der Waals surface area contributed by atoms with E-state index in [1.54, 1.807) is 0 Å². The highest BCUT2D eigenvalue weighted by molar-refractivity contribution is 9.10. The molecular formula is C14H16BrN3OS. The molecule has 0 aliphatic rings. The van der Waals surface area contributed by atoms with Crippen molar-refractivity contribution < 1.29 is 4.79 Å². The van der Waals surface area contributed by atoms with Crippen LogP contribution in [0.15, 0.2) is 16.6 Å². The van der Waals surface area contributed by atoms with Gasteiger partial charge in [-0.05, 0) is 54.6 Å². The van der Waals surface area contributed by atoms with E-state index in [1.807, 2.05) is 39.8 Å². The lowest BCUT2D eigenvalue weighted by Gasteiger charge is -2.10. The minimum Gasteiger partial charge on any atom is -0.321 e. The van der Waals surface area contributed by atoms with Crippen LogP contribution in [0, 0.1) is 13.8 Å². The third kappa shape index (κ3) is 3.07. The summed E-state index contributed by atoms with van der Waals surface area (Å²) in [4.78, 5) is 12.9. The number of hydrogen-bond donors (Lipinski definition) is 1. The molecule has 4 nitrogen and oxygen atoms in total. The number of nitrogens with zero attached hydrogens (tertiary/aromatic N) is 2. The van der Waals surface area contributed by atoms with Gasteiger partial charge in [0, 0.05) is 10.2 Å². The van der Waals surface area contributed by atoms with Crippen molar-refractivity contribution >= 4 is 39.1 Å². The molecule has 0 fully saturated rings. The minimum absolute atomic E-state index is 0.148. The van der Waals surface area contributed by atoms with Gasteiger partial charge in [-0.2, -0.15) is 0 Å². The normalized spacial score (nSPS) is 10.9. The molecule has 0 unspecified atom stereocenters. The Hall–Kier alpha value is -1.27. The number of halogens is 1. The van der Waals surface area contributed by atoms with E-state index in [2.05, 4.69) is 30.8 Å². The maximum absolute atomic E-state index is 12.3. The van der Waals surface area contributed by atoms with Crippen LogP contribution in [0.2, 0.25) is 0 Å². The molecule has 0 radical (unpaired) electrons. The molecule has 1 heterocycles. The molecular weight excluding hydrogens is 338 g/mol. The molecule has 2 aromatic rings. The third-order valence-electron chi connectivity index (χ3n) is 2.96. The van der Waals surface area contributed by atoms with Crippen molar-refractivity contribution in [3.05, 3.63) is 38.3 Å². The van der Waals surface area contributed by atoms with Gasteiger partial charge in [0.2, 0.25) is 0 Å². The Kier molecular flexibility index (Phi) is 4.55. The zero-order valence-corrected chi connectivity index (χ0v) is 14.2. The summed E-state index contributed by atoms with van der Waals surface area (Å²) in [7, 11) is 0. The predicted octanol–water partition coefficient (Wildman–Crippen LogP) is 4.29. The molecule has 0 saturated carbocycles. The van der Waals surface area contributed by atoms with Crippen LogP contribution >= 0.6 is 27.5 Å². The lowest BCUT2D eigenvalue weighted by molar-refractivity contribution is 0.102. The van der Waals surface area contributed by atoms with Crippen molar-refractivity contribution in [1.29, 1.82) is 0 Å². The Bertz CT molecular complexity index is 629. The first-order valence-electron chi connectivity index (χ1n) is 6.30.